The van der Waals surface area contributed by atoms with Gasteiger partial charge in [-0.1, -0.05) is 204 Å². The number of phosphoric ester groups is 1. The fourth-order valence-corrected chi connectivity index (χ4v) is 6.81. The molecule has 2 atom stereocenters. The van der Waals surface area contributed by atoms with E-state index in [1.807, 2.05) is 36.5 Å². The van der Waals surface area contributed by atoms with E-state index < -0.39 is 38.6 Å². The van der Waals surface area contributed by atoms with Crippen molar-refractivity contribution < 1.29 is 43.0 Å². The Morgan fingerprint density at radius 2 is 1.02 bits per heavy atom. The molecule has 0 aromatic heterocycles. The lowest BCUT2D eigenvalue weighted by Gasteiger charge is -2.18. The SMILES string of the molecule is CCCCC/C=C\C[C@H](O)/C=C/C=C\C/C=C\CCCC(=O)O[C@H](COC(=O)CCCCCCCCCCCCCCCCCCCCCCC)COP(=O)(O)O. The first-order chi connectivity index (χ1) is 27.7. The summed E-state index contributed by atoms with van der Waals surface area (Å²) in [6.07, 6.45) is 48.7. The first kappa shape index (κ1) is 55.0. The minimum Gasteiger partial charge on any atom is -0.462 e. The van der Waals surface area contributed by atoms with Gasteiger partial charge >= 0.3 is 19.8 Å². The maximum Gasteiger partial charge on any atom is 0.469 e. The maximum absolute atomic E-state index is 12.4. The van der Waals surface area contributed by atoms with Crippen molar-refractivity contribution in [3.8, 4) is 0 Å². The summed E-state index contributed by atoms with van der Waals surface area (Å²) in [5.74, 6) is -0.983. The van der Waals surface area contributed by atoms with Gasteiger partial charge in [0.1, 0.15) is 6.61 Å². The Kier molecular flexibility index (Phi) is 40.6. The molecule has 0 spiro atoms. The fourth-order valence-electron chi connectivity index (χ4n) is 6.45. The number of carbonyl (C=O) groups excluding carboxylic acids is 2. The average molecular weight is 825 g/mol. The van der Waals surface area contributed by atoms with Crippen LogP contribution in [-0.4, -0.2) is 52.3 Å². The number of unbranched alkanes of at least 4 members (excludes halogenated alkanes) is 24. The van der Waals surface area contributed by atoms with Crippen LogP contribution >= 0.6 is 7.82 Å². The number of hydrogen-bond donors (Lipinski definition) is 3. The van der Waals surface area contributed by atoms with Crippen LogP contribution in [0.3, 0.4) is 0 Å². The normalized spacial score (nSPS) is 13.4. The van der Waals surface area contributed by atoms with E-state index >= 15 is 0 Å². The molecule has 0 saturated heterocycles. The van der Waals surface area contributed by atoms with E-state index in [0.717, 1.165) is 25.7 Å². The van der Waals surface area contributed by atoms with Crippen LogP contribution in [-0.2, 0) is 28.2 Å². The third kappa shape index (κ3) is 44.9. The highest BCUT2D eigenvalue weighted by Crippen LogP contribution is 2.36. The van der Waals surface area contributed by atoms with Crippen LogP contribution in [0.1, 0.15) is 213 Å². The van der Waals surface area contributed by atoms with Crippen molar-refractivity contribution in [2.24, 2.45) is 0 Å². The van der Waals surface area contributed by atoms with Crippen molar-refractivity contribution in [2.75, 3.05) is 13.2 Å². The summed E-state index contributed by atoms with van der Waals surface area (Å²) in [4.78, 5) is 42.9. The lowest BCUT2D eigenvalue weighted by Crippen LogP contribution is -2.29. The molecule has 0 radical (unpaired) electrons. The largest absolute Gasteiger partial charge is 0.469 e. The third-order valence-corrected chi connectivity index (χ3v) is 10.4. The highest BCUT2D eigenvalue weighted by Gasteiger charge is 2.22. The number of phosphoric acid groups is 1. The standard InChI is InChI=1S/C47H85O9P/c1-3-5-7-9-11-12-13-14-15-16-17-18-19-20-21-22-23-24-28-32-36-40-46(49)54-42-45(43-55-57(51,52)53)56-47(50)41-37-33-29-26-25-27-31-35-39-44(48)38-34-30-10-8-6-4-2/h26-27,29-31,34-35,39,44-45,48H,3-25,28,32-33,36-38,40-43H2,1-2H3,(H2,51,52,53)/b29-26-,31-27-,34-30-,39-35+/t44-,45+/m0/s1. The van der Waals surface area contributed by atoms with Gasteiger partial charge < -0.3 is 24.4 Å². The van der Waals surface area contributed by atoms with E-state index in [9.17, 15) is 19.3 Å². The monoisotopic (exact) mass is 825 g/mol. The average Bonchev–Trinajstić information content (AvgIpc) is 3.18. The lowest BCUT2D eigenvalue weighted by atomic mass is 10.0. The Morgan fingerprint density at radius 1 is 0.544 bits per heavy atom. The molecule has 0 heterocycles. The molecule has 57 heavy (non-hydrogen) atoms. The van der Waals surface area contributed by atoms with E-state index in [-0.39, 0.29) is 19.4 Å². The highest BCUT2D eigenvalue weighted by molar-refractivity contribution is 7.46. The molecule has 0 aromatic rings. The summed E-state index contributed by atoms with van der Waals surface area (Å²) in [6, 6.07) is 0. The summed E-state index contributed by atoms with van der Waals surface area (Å²) in [5.41, 5.74) is 0. The van der Waals surface area contributed by atoms with Gasteiger partial charge in [-0.25, -0.2) is 4.57 Å². The van der Waals surface area contributed by atoms with Crippen LogP contribution in [0.2, 0.25) is 0 Å². The number of hydrogen-bond acceptors (Lipinski definition) is 7. The van der Waals surface area contributed by atoms with Gasteiger partial charge in [0.15, 0.2) is 6.10 Å². The molecule has 0 aliphatic carbocycles. The zero-order valence-corrected chi connectivity index (χ0v) is 37.2. The molecule has 332 valence electrons. The molecule has 0 aliphatic heterocycles. The van der Waals surface area contributed by atoms with Gasteiger partial charge in [0.05, 0.1) is 12.7 Å². The van der Waals surface area contributed by atoms with Gasteiger partial charge in [-0.3, -0.25) is 14.1 Å². The minimum absolute atomic E-state index is 0.105. The van der Waals surface area contributed by atoms with Crippen molar-refractivity contribution in [2.45, 2.75) is 225 Å². The van der Waals surface area contributed by atoms with E-state index in [0.29, 0.717) is 25.7 Å². The van der Waals surface area contributed by atoms with Crippen LogP contribution in [0, 0.1) is 0 Å². The Labute approximate surface area is 348 Å². The predicted octanol–water partition coefficient (Wildman–Crippen LogP) is 13.3. The number of rotatable bonds is 42. The van der Waals surface area contributed by atoms with Gasteiger partial charge in [0.25, 0.3) is 0 Å². The zero-order valence-electron chi connectivity index (χ0n) is 36.3. The van der Waals surface area contributed by atoms with Crippen molar-refractivity contribution >= 4 is 19.8 Å². The van der Waals surface area contributed by atoms with Crippen molar-refractivity contribution in [1.82, 2.24) is 0 Å². The van der Waals surface area contributed by atoms with Gasteiger partial charge in [0.2, 0.25) is 0 Å². The first-order valence-corrected chi connectivity index (χ1v) is 24.6. The van der Waals surface area contributed by atoms with Crippen LogP contribution in [0.25, 0.3) is 0 Å². The van der Waals surface area contributed by atoms with Gasteiger partial charge in [-0.2, -0.15) is 0 Å². The van der Waals surface area contributed by atoms with E-state index in [1.54, 1.807) is 6.08 Å². The van der Waals surface area contributed by atoms with E-state index in [4.69, 9.17) is 19.3 Å². The molecule has 0 saturated carbocycles. The van der Waals surface area contributed by atoms with E-state index in [1.165, 1.54) is 135 Å². The van der Waals surface area contributed by atoms with E-state index in [2.05, 4.69) is 24.4 Å². The second-order valence-corrected chi connectivity index (χ2v) is 16.8. The summed E-state index contributed by atoms with van der Waals surface area (Å²) in [5, 5.41) is 10.0. The van der Waals surface area contributed by atoms with Crippen LogP contribution in [0.4, 0.5) is 0 Å². The second-order valence-electron chi connectivity index (χ2n) is 15.6. The summed E-state index contributed by atoms with van der Waals surface area (Å²) in [7, 11) is -4.79. The minimum atomic E-state index is -4.79. The molecule has 0 amide bonds. The van der Waals surface area contributed by atoms with Gasteiger partial charge in [-0.15, -0.1) is 0 Å². The third-order valence-electron chi connectivity index (χ3n) is 9.93. The molecule has 3 N–H and O–H groups in total. The highest BCUT2D eigenvalue weighted by atomic mass is 31.2. The number of allylic oxidation sites excluding steroid dienone is 6. The zero-order chi connectivity index (χ0) is 41.9. The summed E-state index contributed by atoms with van der Waals surface area (Å²) < 4.78 is 26.4. The molecule has 0 aliphatic rings. The summed E-state index contributed by atoms with van der Waals surface area (Å²) >= 11 is 0. The van der Waals surface area contributed by atoms with Crippen molar-refractivity contribution in [3.05, 3.63) is 48.6 Å². The molecule has 0 unspecified atom stereocenters. The Morgan fingerprint density at radius 3 is 1.56 bits per heavy atom. The summed E-state index contributed by atoms with van der Waals surface area (Å²) in [6.45, 7) is 3.56. The van der Waals surface area contributed by atoms with Crippen molar-refractivity contribution in [3.63, 3.8) is 0 Å². The molecular formula is C47H85O9P. The van der Waals surface area contributed by atoms with Crippen LogP contribution in [0.5, 0.6) is 0 Å². The molecular weight excluding hydrogens is 739 g/mol. The first-order valence-electron chi connectivity index (χ1n) is 23.0. The van der Waals surface area contributed by atoms with Gasteiger partial charge in [-0.05, 0) is 44.9 Å². The fraction of sp³-hybridized carbons (Fsp3) is 0.787. The second kappa shape index (κ2) is 42.1. The number of esters is 2. The van der Waals surface area contributed by atoms with Crippen LogP contribution in [0.15, 0.2) is 48.6 Å². The number of aliphatic hydroxyl groups is 1. The van der Waals surface area contributed by atoms with Crippen LogP contribution < -0.4 is 0 Å². The molecule has 0 fully saturated rings. The topological polar surface area (TPSA) is 140 Å². The Hall–Kier alpha value is -2.03. The molecule has 0 rings (SSSR count). The maximum atomic E-state index is 12.4. The molecule has 10 heteroatoms. The Balaban J connectivity index is 3.97. The number of aliphatic hydroxyl groups excluding tert-OH is 1. The molecule has 9 nitrogen and oxygen atoms in total. The molecule has 0 aromatic carbocycles. The number of carbonyl (C=O) groups is 2. The Bertz CT molecular complexity index is 1080. The predicted molar refractivity (Wildman–Crippen MR) is 236 cm³/mol. The smallest absolute Gasteiger partial charge is 0.462 e. The quantitative estimate of drug-likeness (QED) is 0.0180. The molecule has 0 bridgehead atoms. The van der Waals surface area contributed by atoms with Gasteiger partial charge in [0, 0.05) is 12.8 Å². The van der Waals surface area contributed by atoms with Crippen molar-refractivity contribution in [1.29, 1.82) is 0 Å². The number of ether oxygens (including phenoxy) is 2. The lowest BCUT2D eigenvalue weighted by molar-refractivity contribution is -0.161.